The maximum Gasteiger partial charge on any atom is 0.335 e. The number of carboxylic acids is 1. The molecule has 0 bridgehead atoms. The molecule has 0 aliphatic heterocycles. The van der Waals surface area contributed by atoms with Crippen molar-refractivity contribution < 1.29 is 18.8 Å². The summed E-state index contributed by atoms with van der Waals surface area (Å²) in [4.78, 5) is 15.4. The molecule has 1 heterocycles. The van der Waals surface area contributed by atoms with Gasteiger partial charge in [-0.05, 0) is 37.6 Å². The van der Waals surface area contributed by atoms with E-state index in [1.54, 1.807) is 31.2 Å². The number of aryl methyl sites for hydroxylation is 1. The summed E-state index contributed by atoms with van der Waals surface area (Å²) in [7, 11) is 0. The van der Waals surface area contributed by atoms with Gasteiger partial charge in [-0.15, -0.1) is 0 Å². The van der Waals surface area contributed by atoms with Gasteiger partial charge in [0.2, 0.25) is 5.82 Å². The standard InChI is InChI=1S/C17H13FN2O3/c1-9-6-7-14(18)13(8-9)16-19-15(20-23-16)11-4-3-5-12(10(11)2)17(21)22/h3-8H,1-2H3,(H,21,22). The molecule has 3 aromatic rings. The van der Waals surface area contributed by atoms with Gasteiger partial charge in [0.05, 0.1) is 11.1 Å². The molecule has 0 radical (unpaired) electrons. The summed E-state index contributed by atoms with van der Waals surface area (Å²) in [6.45, 7) is 3.50. The Morgan fingerprint density at radius 2 is 1.96 bits per heavy atom. The highest BCUT2D eigenvalue weighted by Crippen LogP contribution is 2.28. The Bertz CT molecular complexity index is 903. The van der Waals surface area contributed by atoms with Crippen molar-refractivity contribution in [3.05, 3.63) is 58.9 Å². The number of hydrogen-bond donors (Lipinski definition) is 1. The van der Waals surface area contributed by atoms with Crippen LogP contribution in [0.25, 0.3) is 22.8 Å². The first kappa shape index (κ1) is 14.9. The van der Waals surface area contributed by atoms with E-state index in [9.17, 15) is 14.3 Å². The SMILES string of the molecule is Cc1ccc(F)c(-c2nc(-c3cccc(C(=O)O)c3C)no2)c1. The van der Waals surface area contributed by atoms with E-state index in [-0.39, 0.29) is 22.8 Å². The minimum Gasteiger partial charge on any atom is -0.478 e. The average Bonchev–Trinajstić information content (AvgIpc) is 2.99. The molecule has 6 heteroatoms. The maximum absolute atomic E-state index is 13.9. The van der Waals surface area contributed by atoms with Gasteiger partial charge < -0.3 is 9.63 Å². The molecule has 0 unspecified atom stereocenters. The van der Waals surface area contributed by atoms with E-state index < -0.39 is 11.8 Å². The Labute approximate surface area is 131 Å². The highest BCUT2D eigenvalue weighted by molar-refractivity contribution is 5.91. The molecule has 0 fully saturated rings. The monoisotopic (exact) mass is 312 g/mol. The summed E-state index contributed by atoms with van der Waals surface area (Å²) < 4.78 is 19.1. The minimum absolute atomic E-state index is 0.0568. The Hall–Kier alpha value is -3.02. The zero-order valence-corrected chi connectivity index (χ0v) is 12.5. The van der Waals surface area contributed by atoms with Crippen LogP contribution >= 0.6 is 0 Å². The summed E-state index contributed by atoms with van der Waals surface area (Å²) in [6, 6.07) is 9.41. The highest BCUT2D eigenvalue weighted by Gasteiger charge is 2.18. The number of benzene rings is 2. The fourth-order valence-electron chi connectivity index (χ4n) is 2.35. The van der Waals surface area contributed by atoms with E-state index in [2.05, 4.69) is 10.1 Å². The van der Waals surface area contributed by atoms with Crippen molar-refractivity contribution in [3.63, 3.8) is 0 Å². The average molecular weight is 312 g/mol. The predicted octanol–water partition coefficient (Wildman–Crippen LogP) is 3.86. The predicted molar refractivity (Wildman–Crippen MR) is 81.6 cm³/mol. The lowest BCUT2D eigenvalue weighted by Gasteiger charge is -2.04. The largest absolute Gasteiger partial charge is 0.478 e. The summed E-state index contributed by atoms with van der Waals surface area (Å²) in [5, 5.41) is 13.0. The molecule has 2 aromatic carbocycles. The van der Waals surface area contributed by atoms with Crippen molar-refractivity contribution in [2.75, 3.05) is 0 Å². The van der Waals surface area contributed by atoms with Crippen molar-refractivity contribution in [2.24, 2.45) is 0 Å². The molecular formula is C17H13FN2O3. The van der Waals surface area contributed by atoms with E-state index >= 15 is 0 Å². The van der Waals surface area contributed by atoms with Gasteiger partial charge in [0.25, 0.3) is 5.89 Å². The molecule has 23 heavy (non-hydrogen) atoms. The van der Waals surface area contributed by atoms with Crippen LogP contribution in [0, 0.1) is 19.7 Å². The zero-order chi connectivity index (χ0) is 16.6. The van der Waals surface area contributed by atoms with E-state index in [1.165, 1.54) is 12.1 Å². The second kappa shape index (κ2) is 5.64. The Morgan fingerprint density at radius 1 is 1.17 bits per heavy atom. The van der Waals surface area contributed by atoms with E-state index in [4.69, 9.17) is 4.52 Å². The number of aromatic carboxylic acids is 1. The first-order valence-corrected chi connectivity index (χ1v) is 6.91. The summed E-state index contributed by atoms with van der Waals surface area (Å²) in [5.41, 5.74) is 2.31. The topological polar surface area (TPSA) is 76.2 Å². The van der Waals surface area contributed by atoms with Gasteiger partial charge in [0, 0.05) is 5.56 Å². The second-order valence-corrected chi connectivity index (χ2v) is 5.19. The number of hydrogen-bond acceptors (Lipinski definition) is 4. The maximum atomic E-state index is 13.9. The lowest BCUT2D eigenvalue weighted by Crippen LogP contribution is -2.01. The number of carboxylic acid groups (broad SMARTS) is 1. The van der Waals surface area contributed by atoms with E-state index in [0.717, 1.165) is 5.56 Å². The molecule has 1 aromatic heterocycles. The van der Waals surface area contributed by atoms with Crippen molar-refractivity contribution in [2.45, 2.75) is 13.8 Å². The second-order valence-electron chi connectivity index (χ2n) is 5.19. The van der Waals surface area contributed by atoms with Crippen LogP contribution in [0.5, 0.6) is 0 Å². The molecule has 0 amide bonds. The van der Waals surface area contributed by atoms with Crippen molar-refractivity contribution >= 4 is 5.97 Å². The van der Waals surface area contributed by atoms with Gasteiger partial charge in [0.1, 0.15) is 5.82 Å². The molecule has 116 valence electrons. The fourth-order valence-corrected chi connectivity index (χ4v) is 2.35. The highest BCUT2D eigenvalue weighted by atomic mass is 19.1. The van der Waals surface area contributed by atoms with Crippen LogP contribution in [0.1, 0.15) is 21.5 Å². The number of aromatic nitrogens is 2. The third-order valence-electron chi connectivity index (χ3n) is 3.58. The van der Waals surface area contributed by atoms with Crippen LogP contribution in [0.15, 0.2) is 40.9 Å². The molecule has 0 saturated carbocycles. The number of nitrogens with zero attached hydrogens (tertiary/aromatic N) is 2. The molecular weight excluding hydrogens is 299 g/mol. The smallest absolute Gasteiger partial charge is 0.335 e. The van der Waals surface area contributed by atoms with Gasteiger partial charge in [-0.2, -0.15) is 4.98 Å². The normalized spacial score (nSPS) is 10.7. The minimum atomic E-state index is -1.03. The molecule has 0 atom stereocenters. The Morgan fingerprint density at radius 3 is 2.70 bits per heavy atom. The van der Waals surface area contributed by atoms with E-state index in [0.29, 0.717) is 11.1 Å². The Balaban J connectivity index is 2.08. The fraction of sp³-hybridized carbons (Fsp3) is 0.118. The van der Waals surface area contributed by atoms with Gasteiger partial charge in [0.15, 0.2) is 0 Å². The van der Waals surface area contributed by atoms with Crippen molar-refractivity contribution in [1.29, 1.82) is 0 Å². The van der Waals surface area contributed by atoms with Gasteiger partial charge in [-0.25, -0.2) is 9.18 Å². The van der Waals surface area contributed by atoms with Gasteiger partial charge >= 0.3 is 5.97 Å². The lowest BCUT2D eigenvalue weighted by atomic mass is 10.0. The van der Waals surface area contributed by atoms with Crippen LogP contribution in [0.4, 0.5) is 4.39 Å². The quantitative estimate of drug-likeness (QED) is 0.794. The Kier molecular flexibility index (Phi) is 3.65. The van der Waals surface area contributed by atoms with Crippen LogP contribution in [-0.4, -0.2) is 21.2 Å². The number of carbonyl (C=O) groups is 1. The molecule has 0 saturated heterocycles. The molecule has 0 aliphatic rings. The van der Waals surface area contributed by atoms with Gasteiger partial charge in [-0.3, -0.25) is 0 Å². The third-order valence-corrected chi connectivity index (χ3v) is 3.58. The molecule has 5 nitrogen and oxygen atoms in total. The molecule has 3 rings (SSSR count). The van der Waals surface area contributed by atoms with Crippen molar-refractivity contribution in [1.82, 2.24) is 10.1 Å². The molecule has 1 N–H and O–H groups in total. The van der Waals surface area contributed by atoms with Crippen LogP contribution in [0.3, 0.4) is 0 Å². The summed E-state index contributed by atoms with van der Waals surface area (Å²) in [6.07, 6.45) is 0. The molecule has 0 aliphatic carbocycles. The van der Waals surface area contributed by atoms with Crippen LogP contribution in [0.2, 0.25) is 0 Å². The third kappa shape index (κ3) is 2.70. The van der Waals surface area contributed by atoms with Crippen LogP contribution in [-0.2, 0) is 0 Å². The zero-order valence-electron chi connectivity index (χ0n) is 12.5. The number of rotatable bonds is 3. The van der Waals surface area contributed by atoms with E-state index in [1.807, 2.05) is 6.92 Å². The lowest BCUT2D eigenvalue weighted by molar-refractivity contribution is 0.0696. The van der Waals surface area contributed by atoms with Crippen LogP contribution < -0.4 is 0 Å². The number of halogens is 1. The first-order chi connectivity index (χ1) is 11.0. The summed E-state index contributed by atoms with van der Waals surface area (Å²) >= 11 is 0. The molecule has 0 spiro atoms. The van der Waals surface area contributed by atoms with Gasteiger partial charge in [-0.1, -0.05) is 28.9 Å². The van der Waals surface area contributed by atoms with Crippen molar-refractivity contribution in [3.8, 4) is 22.8 Å². The first-order valence-electron chi connectivity index (χ1n) is 6.91. The summed E-state index contributed by atoms with van der Waals surface area (Å²) in [5.74, 6) is -1.21.